The molecule has 1 aliphatic rings. The average Bonchev–Trinajstić information content (AvgIpc) is 2.85. The van der Waals surface area contributed by atoms with Crippen molar-refractivity contribution in [1.82, 2.24) is 0 Å². The van der Waals surface area contributed by atoms with E-state index in [1.165, 1.54) is 11.1 Å². The minimum atomic E-state index is 0.241. The van der Waals surface area contributed by atoms with E-state index in [0.717, 1.165) is 6.61 Å². The van der Waals surface area contributed by atoms with Crippen molar-refractivity contribution >= 4 is 0 Å². The third-order valence-electron chi connectivity index (χ3n) is 2.46. The van der Waals surface area contributed by atoms with Crippen LogP contribution in [0.2, 0.25) is 0 Å². The van der Waals surface area contributed by atoms with Crippen LogP contribution in [0.1, 0.15) is 38.0 Å². The molecule has 1 fully saturated rings. The van der Waals surface area contributed by atoms with Gasteiger partial charge >= 0.3 is 0 Å². The molecule has 13 heavy (non-hydrogen) atoms. The van der Waals surface area contributed by atoms with E-state index in [1.54, 1.807) is 0 Å². The van der Waals surface area contributed by atoms with Crippen LogP contribution >= 0.6 is 0 Å². The average molecular weight is 176 g/mol. The predicted molar refractivity (Wildman–Crippen MR) is 53.8 cm³/mol. The van der Waals surface area contributed by atoms with Crippen molar-refractivity contribution in [3.8, 4) is 0 Å². The molecule has 0 saturated carbocycles. The Morgan fingerprint density at radius 3 is 2.54 bits per heavy atom. The minimum absolute atomic E-state index is 0.241. The fraction of sp³-hybridized carbons (Fsp3) is 0.500. The van der Waals surface area contributed by atoms with Gasteiger partial charge in [-0.2, -0.15) is 0 Å². The molecule has 1 aromatic carbocycles. The van der Waals surface area contributed by atoms with Crippen LogP contribution in [0.4, 0.5) is 0 Å². The lowest BCUT2D eigenvalue weighted by Gasteiger charge is -2.19. The van der Waals surface area contributed by atoms with Gasteiger partial charge in [0, 0.05) is 0 Å². The Labute approximate surface area is 79.7 Å². The predicted octanol–water partition coefficient (Wildman–Crippen LogP) is 3.06. The minimum Gasteiger partial charge on any atom is -0.368 e. The van der Waals surface area contributed by atoms with Gasteiger partial charge in [0.2, 0.25) is 0 Å². The van der Waals surface area contributed by atoms with Crippen LogP contribution < -0.4 is 0 Å². The molecule has 1 atom stereocenters. The molecule has 1 aromatic rings. The van der Waals surface area contributed by atoms with E-state index in [2.05, 4.69) is 45.0 Å². The summed E-state index contributed by atoms with van der Waals surface area (Å²) in [7, 11) is 0. The molecule has 1 nitrogen and oxygen atoms in total. The third kappa shape index (κ3) is 1.92. The van der Waals surface area contributed by atoms with E-state index in [0.29, 0.717) is 6.10 Å². The van der Waals surface area contributed by atoms with Gasteiger partial charge in [-0.3, -0.25) is 0 Å². The number of hydrogen-bond donors (Lipinski definition) is 0. The molecule has 1 heteroatoms. The Bertz CT molecular complexity index is 305. The van der Waals surface area contributed by atoms with Crippen LogP contribution in [0.15, 0.2) is 24.3 Å². The van der Waals surface area contributed by atoms with Crippen molar-refractivity contribution in [3.05, 3.63) is 35.4 Å². The number of epoxide rings is 1. The first-order valence-electron chi connectivity index (χ1n) is 4.79. The first-order valence-corrected chi connectivity index (χ1v) is 4.79. The summed E-state index contributed by atoms with van der Waals surface area (Å²) < 4.78 is 5.26. The van der Waals surface area contributed by atoms with Crippen LogP contribution in [-0.4, -0.2) is 6.61 Å². The SMILES string of the molecule is CC(C)(C)c1cccc([C@@H]2CO2)c1. The fourth-order valence-corrected chi connectivity index (χ4v) is 1.45. The highest BCUT2D eigenvalue weighted by molar-refractivity contribution is 5.31. The molecule has 70 valence electrons. The quantitative estimate of drug-likeness (QED) is 0.599. The molecule has 0 N–H and O–H groups in total. The second-order valence-corrected chi connectivity index (χ2v) is 4.70. The molecule has 2 rings (SSSR count). The van der Waals surface area contributed by atoms with Crippen molar-refractivity contribution in [2.24, 2.45) is 0 Å². The molecule has 0 spiro atoms. The van der Waals surface area contributed by atoms with Crippen molar-refractivity contribution in [1.29, 1.82) is 0 Å². The van der Waals surface area contributed by atoms with Crippen LogP contribution in [-0.2, 0) is 10.2 Å². The largest absolute Gasteiger partial charge is 0.368 e. The molecule has 0 radical (unpaired) electrons. The molecule has 0 aliphatic carbocycles. The molecular weight excluding hydrogens is 160 g/mol. The first kappa shape index (κ1) is 8.76. The highest BCUT2D eigenvalue weighted by Gasteiger charge is 2.25. The Kier molecular flexibility index (Phi) is 1.92. The van der Waals surface area contributed by atoms with Crippen molar-refractivity contribution in [2.45, 2.75) is 32.3 Å². The van der Waals surface area contributed by atoms with Gasteiger partial charge in [0.1, 0.15) is 6.10 Å². The smallest absolute Gasteiger partial charge is 0.106 e. The normalized spacial score (nSPS) is 21.6. The Morgan fingerprint density at radius 2 is 2.00 bits per heavy atom. The van der Waals surface area contributed by atoms with Gasteiger partial charge in [0.25, 0.3) is 0 Å². The molecule has 0 bridgehead atoms. The van der Waals surface area contributed by atoms with E-state index in [1.807, 2.05) is 0 Å². The second-order valence-electron chi connectivity index (χ2n) is 4.70. The maximum atomic E-state index is 5.26. The summed E-state index contributed by atoms with van der Waals surface area (Å²) in [5.41, 5.74) is 2.96. The highest BCUT2D eigenvalue weighted by atomic mass is 16.6. The summed E-state index contributed by atoms with van der Waals surface area (Å²) in [6.07, 6.45) is 0.377. The Balaban J connectivity index is 2.32. The maximum Gasteiger partial charge on any atom is 0.106 e. The summed E-state index contributed by atoms with van der Waals surface area (Å²) in [4.78, 5) is 0. The van der Waals surface area contributed by atoms with Crippen molar-refractivity contribution in [3.63, 3.8) is 0 Å². The van der Waals surface area contributed by atoms with E-state index in [-0.39, 0.29) is 5.41 Å². The number of ether oxygens (including phenoxy) is 1. The van der Waals surface area contributed by atoms with Crippen LogP contribution in [0.25, 0.3) is 0 Å². The first-order chi connectivity index (χ1) is 6.07. The van der Waals surface area contributed by atoms with Gasteiger partial charge in [-0.1, -0.05) is 45.0 Å². The monoisotopic (exact) mass is 176 g/mol. The summed E-state index contributed by atoms with van der Waals surface area (Å²) in [6.45, 7) is 7.60. The highest BCUT2D eigenvalue weighted by Crippen LogP contribution is 2.32. The lowest BCUT2D eigenvalue weighted by molar-refractivity contribution is 0.415. The van der Waals surface area contributed by atoms with Gasteiger partial charge in [0.05, 0.1) is 6.61 Å². The fourth-order valence-electron chi connectivity index (χ4n) is 1.45. The summed E-state index contributed by atoms with van der Waals surface area (Å²) >= 11 is 0. The molecule has 0 amide bonds. The van der Waals surface area contributed by atoms with Gasteiger partial charge < -0.3 is 4.74 Å². The third-order valence-corrected chi connectivity index (χ3v) is 2.46. The zero-order chi connectivity index (χ0) is 9.47. The number of hydrogen-bond acceptors (Lipinski definition) is 1. The Hall–Kier alpha value is -0.820. The van der Waals surface area contributed by atoms with Crippen LogP contribution in [0, 0.1) is 0 Å². The zero-order valence-corrected chi connectivity index (χ0v) is 8.50. The van der Waals surface area contributed by atoms with Gasteiger partial charge in [-0.05, 0) is 16.5 Å². The molecule has 0 aromatic heterocycles. The van der Waals surface area contributed by atoms with Crippen LogP contribution in [0.5, 0.6) is 0 Å². The van der Waals surface area contributed by atoms with Gasteiger partial charge in [0.15, 0.2) is 0 Å². The summed E-state index contributed by atoms with van der Waals surface area (Å²) in [5.74, 6) is 0. The lowest BCUT2D eigenvalue weighted by atomic mass is 9.86. The van der Waals surface area contributed by atoms with Crippen molar-refractivity contribution < 1.29 is 4.74 Å². The van der Waals surface area contributed by atoms with Crippen LogP contribution in [0.3, 0.4) is 0 Å². The van der Waals surface area contributed by atoms with E-state index < -0.39 is 0 Å². The second kappa shape index (κ2) is 2.85. The molecule has 1 saturated heterocycles. The zero-order valence-electron chi connectivity index (χ0n) is 8.50. The van der Waals surface area contributed by atoms with E-state index in [4.69, 9.17) is 4.74 Å². The van der Waals surface area contributed by atoms with Gasteiger partial charge in [-0.15, -0.1) is 0 Å². The van der Waals surface area contributed by atoms with E-state index in [9.17, 15) is 0 Å². The van der Waals surface area contributed by atoms with Gasteiger partial charge in [-0.25, -0.2) is 0 Å². The Morgan fingerprint density at radius 1 is 1.31 bits per heavy atom. The molecular formula is C12H16O. The molecule has 1 aliphatic heterocycles. The topological polar surface area (TPSA) is 12.5 Å². The van der Waals surface area contributed by atoms with E-state index >= 15 is 0 Å². The summed E-state index contributed by atoms with van der Waals surface area (Å²) in [6, 6.07) is 8.72. The molecule has 0 unspecified atom stereocenters. The molecule has 1 heterocycles. The summed E-state index contributed by atoms with van der Waals surface area (Å²) in [5, 5.41) is 0. The maximum absolute atomic E-state index is 5.26. The lowest BCUT2D eigenvalue weighted by Crippen LogP contribution is -2.11. The number of rotatable bonds is 1. The van der Waals surface area contributed by atoms with Crippen molar-refractivity contribution in [2.75, 3.05) is 6.61 Å². The number of benzene rings is 1. The standard InChI is InChI=1S/C12H16O/c1-12(2,3)10-6-4-5-9(7-10)11-8-13-11/h4-7,11H,8H2,1-3H3/t11-/m0/s1.